The first-order chi connectivity index (χ1) is 13.3. The Labute approximate surface area is 171 Å². The number of carbonyl (C=O) groups excluding carboxylic acids is 1. The minimum atomic E-state index is -1.45. The van der Waals surface area contributed by atoms with Crippen molar-refractivity contribution in [3.8, 4) is 0 Å². The average molecular weight is 502 g/mol. The van der Waals surface area contributed by atoms with Crippen LogP contribution in [-0.2, 0) is 4.79 Å². The van der Waals surface area contributed by atoms with E-state index in [4.69, 9.17) is 0 Å². The Morgan fingerprint density at radius 1 is 1.14 bits per heavy atom. The van der Waals surface area contributed by atoms with Gasteiger partial charge in [0, 0.05) is 22.2 Å². The topological polar surface area (TPSA) is 69.6 Å². The number of rotatable bonds is 4. The highest BCUT2D eigenvalue weighted by Crippen LogP contribution is 2.44. The summed E-state index contributed by atoms with van der Waals surface area (Å²) < 4.78 is 44.1. The van der Waals surface area contributed by atoms with Gasteiger partial charge in [0.25, 0.3) is 0 Å². The number of carboxylic acid groups (broad SMARTS) is 1. The summed E-state index contributed by atoms with van der Waals surface area (Å²) in [5, 5.41) is 12.0. The van der Waals surface area contributed by atoms with Crippen LogP contribution in [0.4, 0.5) is 30.2 Å². The molecule has 1 heterocycles. The van der Waals surface area contributed by atoms with Crippen molar-refractivity contribution in [1.82, 2.24) is 0 Å². The molecule has 146 valence electrons. The van der Waals surface area contributed by atoms with Crippen LogP contribution in [-0.4, -0.2) is 29.4 Å². The van der Waals surface area contributed by atoms with E-state index in [0.717, 1.165) is 12.8 Å². The zero-order valence-corrected chi connectivity index (χ0v) is 16.5. The molecule has 2 aliphatic rings. The summed E-state index contributed by atoms with van der Waals surface area (Å²) in [5.41, 5.74) is -1.03. The van der Waals surface area contributed by atoms with Gasteiger partial charge in [0.05, 0.1) is 22.6 Å². The number of aliphatic carboxylic acids is 1. The highest BCUT2D eigenvalue weighted by atomic mass is 127. The quantitative estimate of drug-likeness (QED) is 0.482. The lowest BCUT2D eigenvalue weighted by molar-refractivity contribution is -0.139. The van der Waals surface area contributed by atoms with E-state index in [0.29, 0.717) is 9.64 Å². The molecule has 1 aliphatic carbocycles. The molecule has 0 amide bonds. The second-order valence-corrected chi connectivity index (χ2v) is 8.07. The molecule has 0 bridgehead atoms. The van der Waals surface area contributed by atoms with Crippen LogP contribution < -0.4 is 10.2 Å². The van der Waals surface area contributed by atoms with Crippen molar-refractivity contribution in [2.45, 2.75) is 18.9 Å². The Morgan fingerprint density at radius 3 is 2.46 bits per heavy atom. The summed E-state index contributed by atoms with van der Waals surface area (Å²) >= 11 is 1.91. The lowest BCUT2D eigenvalue weighted by Gasteiger charge is -2.35. The standard InChI is InChI=1S/C19H14F3IN2O3/c20-11-5-8(23)1-4-14(11)24-16-12(21)6-13(22)17-15(16)18(26)10(19(27)28)7-25(17)9-2-3-9/h1,4-6,9-10,24H,2-3,7H2,(H,27,28). The zero-order chi connectivity index (χ0) is 20.2. The van der Waals surface area contributed by atoms with E-state index in [1.165, 1.54) is 17.0 Å². The molecule has 0 spiro atoms. The molecule has 0 radical (unpaired) electrons. The minimum Gasteiger partial charge on any atom is -0.481 e. The average Bonchev–Trinajstić information content (AvgIpc) is 3.45. The van der Waals surface area contributed by atoms with E-state index in [2.05, 4.69) is 5.32 Å². The van der Waals surface area contributed by atoms with Gasteiger partial charge in [-0.3, -0.25) is 9.59 Å². The molecular formula is C19H14F3IN2O3. The SMILES string of the molecule is O=C(O)C1CN(C2CC2)c2c(F)cc(F)c(Nc3ccc(I)cc3F)c2C1=O. The van der Waals surface area contributed by atoms with Crippen molar-refractivity contribution in [3.05, 3.63) is 50.9 Å². The van der Waals surface area contributed by atoms with Crippen molar-refractivity contribution in [3.63, 3.8) is 0 Å². The third-order valence-corrected chi connectivity index (χ3v) is 5.58. The lowest BCUT2D eigenvalue weighted by atomic mass is 9.89. The van der Waals surface area contributed by atoms with Crippen LogP contribution in [0.25, 0.3) is 0 Å². The van der Waals surface area contributed by atoms with Gasteiger partial charge in [0.1, 0.15) is 23.4 Å². The van der Waals surface area contributed by atoms with E-state index in [-0.39, 0.29) is 29.5 Å². The number of carbonyl (C=O) groups is 2. The van der Waals surface area contributed by atoms with Gasteiger partial charge in [-0.1, -0.05) is 0 Å². The van der Waals surface area contributed by atoms with Crippen LogP contribution in [0.3, 0.4) is 0 Å². The lowest BCUT2D eigenvalue weighted by Crippen LogP contribution is -2.45. The van der Waals surface area contributed by atoms with Crippen molar-refractivity contribution in [1.29, 1.82) is 0 Å². The molecule has 5 nitrogen and oxygen atoms in total. The fourth-order valence-electron chi connectivity index (χ4n) is 3.43. The molecule has 2 N–H and O–H groups in total. The van der Waals surface area contributed by atoms with E-state index in [1.807, 2.05) is 22.6 Å². The van der Waals surface area contributed by atoms with Crippen LogP contribution in [0.1, 0.15) is 23.2 Å². The molecule has 1 aliphatic heterocycles. The maximum absolute atomic E-state index is 14.6. The van der Waals surface area contributed by atoms with Crippen LogP contribution in [0.2, 0.25) is 0 Å². The third kappa shape index (κ3) is 3.21. The fraction of sp³-hybridized carbons (Fsp3) is 0.263. The number of ketones is 1. The van der Waals surface area contributed by atoms with E-state index < -0.39 is 40.8 Å². The Hall–Kier alpha value is -2.30. The van der Waals surface area contributed by atoms with Gasteiger partial charge in [-0.15, -0.1) is 0 Å². The van der Waals surface area contributed by atoms with Crippen molar-refractivity contribution >= 4 is 51.4 Å². The monoisotopic (exact) mass is 502 g/mol. The molecule has 1 unspecified atom stereocenters. The van der Waals surface area contributed by atoms with Gasteiger partial charge in [0.2, 0.25) is 0 Å². The molecule has 0 aromatic heterocycles. The van der Waals surface area contributed by atoms with Gasteiger partial charge in [-0.05, 0) is 53.6 Å². The highest BCUT2D eigenvalue weighted by molar-refractivity contribution is 14.1. The predicted molar refractivity (Wildman–Crippen MR) is 105 cm³/mol. The smallest absolute Gasteiger partial charge is 0.316 e. The first kappa shape index (κ1) is 19.0. The zero-order valence-electron chi connectivity index (χ0n) is 14.3. The number of hydrogen-bond acceptors (Lipinski definition) is 4. The number of hydrogen-bond donors (Lipinski definition) is 2. The number of nitrogens with zero attached hydrogens (tertiary/aromatic N) is 1. The summed E-state index contributed by atoms with van der Waals surface area (Å²) in [7, 11) is 0. The van der Waals surface area contributed by atoms with Crippen LogP contribution >= 0.6 is 22.6 Å². The van der Waals surface area contributed by atoms with Gasteiger partial charge in [-0.25, -0.2) is 13.2 Å². The largest absolute Gasteiger partial charge is 0.481 e. The van der Waals surface area contributed by atoms with Gasteiger partial charge >= 0.3 is 5.97 Å². The summed E-state index contributed by atoms with van der Waals surface area (Å²) in [4.78, 5) is 25.9. The van der Waals surface area contributed by atoms with Crippen molar-refractivity contribution < 1.29 is 27.9 Å². The fourth-order valence-corrected chi connectivity index (χ4v) is 3.88. The normalized spacial score (nSPS) is 18.8. The molecule has 2 aromatic carbocycles. The van der Waals surface area contributed by atoms with Crippen LogP contribution in [0.15, 0.2) is 24.3 Å². The summed E-state index contributed by atoms with van der Waals surface area (Å²) in [6, 6.07) is 4.70. The van der Waals surface area contributed by atoms with E-state index in [1.54, 1.807) is 6.07 Å². The van der Waals surface area contributed by atoms with E-state index >= 15 is 0 Å². The molecule has 2 aromatic rings. The summed E-state index contributed by atoms with van der Waals surface area (Å²) in [6.45, 7) is -0.175. The number of anilines is 3. The van der Waals surface area contributed by atoms with Gasteiger partial charge < -0.3 is 15.3 Å². The van der Waals surface area contributed by atoms with Crippen LogP contribution in [0, 0.1) is 26.9 Å². The second kappa shape index (κ2) is 6.94. The number of carboxylic acids is 1. The Bertz CT molecular complexity index is 1010. The maximum atomic E-state index is 14.6. The van der Waals surface area contributed by atoms with E-state index in [9.17, 15) is 27.9 Å². The number of benzene rings is 2. The first-order valence-electron chi connectivity index (χ1n) is 8.55. The van der Waals surface area contributed by atoms with Gasteiger partial charge in [0.15, 0.2) is 5.78 Å². The molecule has 28 heavy (non-hydrogen) atoms. The Kier molecular flexibility index (Phi) is 4.72. The Balaban J connectivity index is 1.89. The van der Waals surface area contributed by atoms with Crippen molar-refractivity contribution in [2.75, 3.05) is 16.8 Å². The van der Waals surface area contributed by atoms with Crippen molar-refractivity contribution in [2.24, 2.45) is 5.92 Å². The molecule has 9 heteroatoms. The molecule has 1 atom stereocenters. The highest BCUT2D eigenvalue weighted by Gasteiger charge is 2.45. The minimum absolute atomic E-state index is 0.100. The number of nitrogens with one attached hydrogen (secondary N) is 1. The van der Waals surface area contributed by atoms with Gasteiger partial charge in [-0.2, -0.15) is 0 Å². The molecule has 0 saturated heterocycles. The first-order valence-corrected chi connectivity index (χ1v) is 9.63. The second-order valence-electron chi connectivity index (χ2n) is 6.83. The Morgan fingerprint density at radius 2 is 1.86 bits per heavy atom. The molecule has 1 fully saturated rings. The summed E-state index contributed by atoms with van der Waals surface area (Å²) in [6.07, 6.45) is 1.45. The predicted octanol–water partition coefficient (Wildman–Crippen LogP) is 4.32. The maximum Gasteiger partial charge on any atom is 0.316 e. The third-order valence-electron chi connectivity index (χ3n) is 4.91. The molecular weight excluding hydrogens is 488 g/mol. The molecule has 1 saturated carbocycles. The summed E-state index contributed by atoms with van der Waals surface area (Å²) in [5.74, 6) is -6.42. The number of halogens is 4. The number of fused-ring (bicyclic) bond motifs is 1. The number of Topliss-reactive ketones (excluding diaryl/α,β-unsaturated/α-hetero) is 1. The van der Waals surface area contributed by atoms with Crippen LogP contribution in [0.5, 0.6) is 0 Å². The molecule has 4 rings (SSSR count).